The minimum absolute atomic E-state index is 0.0195. The number of nitrogens with two attached hydrogens (primary N) is 1. The molecule has 17 nitrogen and oxygen atoms in total. The van der Waals surface area contributed by atoms with Crippen molar-refractivity contribution in [2.24, 2.45) is 23.5 Å². The number of carbonyl (C=O) groups is 6. The number of aromatic nitrogens is 1. The van der Waals surface area contributed by atoms with Crippen molar-refractivity contribution < 1.29 is 52.1 Å². The van der Waals surface area contributed by atoms with Crippen LogP contribution in [0, 0.1) is 29.6 Å². The van der Waals surface area contributed by atoms with E-state index in [1.807, 2.05) is 6.92 Å². The van der Waals surface area contributed by atoms with Gasteiger partial charge in [0.25, 0.3) is 23.6 Å². The first kappa shape index (κ1) is 46.4. The Balaban J connectivity index is 0.789. The average Bonchev–Trinajstić information content (AvgIpc) is 3.74. The van der Waals surface area contributed by atoms with Crippen LogP contribution in [0.15, 0.2) is 36.5 Å². The van der Waals surface area contributed by atoms with Gasteiger partial charge >= 0.3 is 0 Å². The summed E-state index contributed by atoms with van der Waals surface area (Å²) < 4.78 is 38.1. The Morgan fingerprint density at radius 3 is 2.62 bits per heavy atom. The minimum Gasteiger partial charge on any atom is -0.496 e. The molecule has 6 amide bonds. The number of nitrogens with one attached hydrogen (secondary N) is 3. The summed E-state index contributed by atoms with van der Waals surface area (Å²) in [7, 11) is 1.44. The van der Waals surface area contributed by atoms with Crippen LogP contribution in [0.1, 0.15) is 94.9 Å². The molecule has 3 saturated heterocycles. The molecule has 5 atom stereocenters. The zero-order valence-electron chi connectivity index (χ0n) is 37.2. The highest BCUT2D eigenvalue weighted by molar-refractivity contribution is 6.25. The fraction of sp³-hybridized carbons (Fsp3) is 0.521. The highest BCUT2D eigenvalue weighted by Crippen LogP contribution is 2.36. The quantitative estimate of drug-likeness (QED) is 0.0922. The number of carbonyl (C=O) groups excluding carboxylic acids is 6. The minimum atomic E-state index is -1.59. The van der Waals surface area contributed by atoms with E-state index in [2.05, 4.69) is 37.7 Å². The molecule has 0 bridgehead atoms. The summed E-state index contributed by atoms with van der Waals surface area (Å²) in [6, 6.07) is 6.75. The van der Waals surface area contributed by atoms with Gasteiger partial charge in [0.1, 0.15) is 18.4 Å². The van der Waals surface area contributed by atoms with E-state index in [4.69, 9.17) is 24.7 Å². The molecule has 66 heavy (non-hydrogen) atoms. The lowest BCUT2D eigenvalue weighted by Gasteiger charge is -2.36. The number of hydrogen-bond acceptors (Lipinski definition) is 13. The monoisotopic (exact) mass is 909 g/mol. The van der Waals surface area contributed by atoms with Crippen LogP contribution in [-0.4, -0.2) is 134 Å². The second-order valence-electron chi connectivity index (χ2n) is 17.6. The van der Waals surface area contributed by atoms with Gasteiger partial charge < -0.3 is 35.3 Å². The van der Waals surface area contributed by atoms with Gasteiger partial charge in [0.2, 0.25) is 17.7 Å². The summed E-state index contributed by atoms with van der Waals surface area (Å²) in [5.74, 6) is 4.04. The molecule has 8 rings (SSSR count). The van der Waals surface area contributed by atoms with Gasteiger partial charge in [0, 0.05) is 73.7 Å². The van der Waals surface area contributed by atoms with E-state index in [0.717, 1.165) is 50.2 Å². The fourth-order valence-corrected chi connectivity index (χ4v) is 9.77. The molecule has 1 aliphatic carbocycles. The van der Waals surface area contributed by atoms with Gasteiger partial charge in [-0.25, -0.2) is 9.37 Å². The Morgan fingerprint density at radius 2 is 1.86 bits per heavy atom. The number of alkyl halides is 1. The maximum absolute atomic E-state index is 14.5. The average molecular weight is 910 g/mol. The maximum Gasteiger partial charge on any atom is 0.264 e. The summed E-state index contributed by atoms with van der Waals surface area (Å²) >= 11 is 0. The standard InChI is InChI=1S/C48H56FN7O10/c1-3-31-37(53-45(60)42(31)49)26-66-46-34-21-39(63-2)35(43(50)58)20-33(34)29(22-52-46)13-12-27-8-10-28(11-9-27)23-55-17-19-65-30(24-55)25-64-18-5-16-51-36-7-4-6-32-41(36)48(62)56(47(32)61)38-14-15-40(57)54-44(38)59/h4,6-7,20-22,27-28,30-31,37-38,42,51H,3,5,8-11,14-19,23-26H2,1-2H3,(H2,50,58)(H,53,60)(H,54,57,59)/t27-,28-,30-,31+,37-,38?,42+/m1/s1. The van der Waals surface area contributed by atoms with Crippen LogP contribution in [0.2, 0.25) is 0 Å². The molecule has 4 fully saturated rings. The van der Waals surface area contributed by atoms with E-state index in [1.54, 1.807) is 36.5 Å². The van der Waals surface area contributed by atoms with Crippen molar-refractivity contribution in [2.45, 2.75) is 82.6 Å². The van der Waals surface area contributed by atoms with E-state index < -0.39 is 59.6 Å². The number of halogens is 1. The van der Waals surface area contributed by atoms with Crippen molar-refractivity contribution in [3.8, 4) is 23.5 Å². The first-order valence-corrected chi connectivity index (χ1v) is 22.8. The van der Waals surface area contributed by atoms with Crippen molar-refractivity contribution in [1.82, 2.24) is 25.4 Å². The molecule has 2 aromatic carbocycles. The summed E-state index contributed by atoms with van der Waals surface area (Å²) in [6.07, 6.45) is 5.21. The molecule has 5 aliphatic rings. The van der Waals surface area contributed by atoms with Crippen LogP contribution in [0.3, 0.4) is 0 Å². The number of rotatable bonds is 16. The number of methoxy groups -OCH3 is 1. The molecular weight excluding hydrogens is 854 g/mol. The number of nitrogens with zero attached hydrogens (tertiary/aromatic N) is 3. The van der Waals surface area contributed by atoms with Crippen molar-refractivity contribution >= 4 is 51.9 Å². The Morgan fingerprint density at radius 1 is 1.05 bits per heavy atom. The molecule has 0 radical (unpaired) electrons. The molecule has 3 aromatic rings. The lowest BCUT2D eigenvalue weighted by atomic mass is 9.82. The van der Waals surface area contributed by atoms with Gasteiger partial charge in [-0.3, -0.25) is 43.9 Å². The summed E-state index contributed by atoms with van der Waals surface area (Å²) in [4.78, 5) is 83.0. The van der Waals surface area contributed by atoms with E-state index in [1.165, 1.54) is 7.11 Å². The van der Waals surface area contributed by atoms with Crippen molar-refractivity contribution in [2.75, 3.05) is 65.0 Å². The second-order valence-corrected chi connectivity index (χ2v) is 17.6. The number of fused-ring (bicyclic) bond motifs is 2. The van der Waals surface area contributed by atoms with E-state index in [9.17, 15) is 33.2 Å². The number of piperidine rings is 1. The second kappa shape index (κ2) is 20.6. The Labute approximate surface area is 382 Å². The Hall–Kier alpha value is -6.16. The smallest absolute Gasteiger partial charge is 0.264 e. The molecular formula is C48H56FN7O10. The van der Waals surface area contributed by atoms with Crippen LogP contribution < -0.4 is 31.2 Å². The van der Waals surface area contributed by atoms with E-state index >= 15 is 0 Å². The molecule has 350 valence electrons. The first-order valence-electron chi connectivity index (χ1n) is 22.8. The fourth-order valence-electron chi connectivity index (χ4n) is 9.77. The van der Waals surface area contributed by atoms with Crippen LogP contribution in [0.4, 0.5) is 10.1 Å². The van der Waals surface area contributed by atoms with Crippen molar-refractivity contribution in [1.29, 1.82) is 0 Å². The molecule has 5 heterocycles. The number of morpholine rings is 1. The molecule has 18 heteroatoms. The third-order valence-electron chi connectivity index (χ3n) is 13.3. The van der Waals surface area contributed by atoms with Gasteiger partial charge in [-0.2, -0.15) is 0 Å². The number of benzene rings is 2. The molecule has 5 N–H and O–H groups in total. The predicted octanol–water partition coefficient (Wildman–Crippen LogP) is 3.36. The van der Waals surface area contributed by atoms with Crippen LogP contribution >= 0.6 is 0 Å². The van der Waals surface area contributed by atoms with Gasteiger partial charge in [-0.05, 0) is 75.1 Å². The zero-order valence-corrected chi connectivity index (χ0v) is 37.2. The number of ether oxygens (including phenoxy) is 4. The van der Waals surface area contributed by atoms with E-state index in [-0.39, 0.29) is 59.8 Å². The molecule has 4 aliphatic heterocycles. The molecule has 1 aromatic heterocycles. The highest BCUT2D eigenvalue weighted by Gasteiger charge is 2.46. The first-order chi connectivity index (χ1) is 31.9. The number of primary amides is 1. The normalized spacial score (nSPS) is 25.5. The number of amides is 6. The van der Waals surface area contributed by atoms with Gasteiger partial charge in [0.05, 0.1) is 54.7 Å². The molecule has 0 spiro atoms. The highest BCUT2D eigenvalue weighted by atomic mass is 19.1. The number of anilines is 1. The van der Waals surface area contributed by atoms with Crippen molar-refractivity contribution in [3.63, 3.8) is 0 Å². The van der Waals surface area contributed by atoms with E-state index in [0.29, 0.717) is 67.1 Å². The Bertz CT molecular complexity index is 2450. The summed E-state index contributed by atoms with van der Waals surface area (Å²) in [5, 5.41) is 9.34. The van der Waals surface area contributed by atoms with Crippen LogP contribution in [0.25, 0.3) is 10.8 Å². The summed E-state index contributed by atoms with van der Waals surface area (Å²) in [5.41, 5.74) is 7.49. The third-order valence-corrected chi connectivity index (χ3v) is 13.3. The van der Waals surface area contributed by atoms with Crippen molar-refractivity contribution in [3.05, 3.63) is 58.8 Å². The number of imide groups is 2. The molecule has 1 unspecified atom stereocenters. The van der Waals surface area contributed by atoms with Crippen LogP contribution in [0.5, 0.6) is 11.6 Å². The largest absolute Gasteiger partial charge is 0.496 e. The van der Waals surface area contributed by atoms with Gasteiger partial charge in [-0.15, -0.1) is 0 Å². The van der Waals surface area contributed by atoms with Gasteiger partial charge in [0.15, 0.2) is 6.17 Å². The topological polar surface area (TPSA) is 221 Å². The summed E-state index contributed by atoms with van der Waals surface area (Å²) in [6.45, 7) is 6.49. The lowest BCUT2D eigenvalue weighted by molar-refractivity contribution is -0.136. The Kier molecular flexibility index (Phi) is 14.4. The maximum atomic E-state index is 14.5. The van der Waals surface area contributed by atoms with Gasteiger partial charge in [-0.1, -0.05) is 24.8 Å². The lowest BCUT2D eigenvalue weighted by Crippen LogP contribution is -2.54. The number of pyridine rings is 1. The SMILES string of the molecule is CC[C@@H]1[C@H](F)C(=O)N[C@@H]1COc1ncc(C#C[C@H]2CC[C@H](CN3CCO[C@@H](COCCCNc4cccc5c4C(=O)N(C4CCC(=O)NC4=O)C5=O)C3)CC2)c2cc(C(N)=O)c(OC)cc12. The predicted molar refractivity (Wildman–Crippen MR) is 238 cm³/mol. The van der Waals surface area contributed by atoms with Crippen LogP contribution in [-0.2, 0) is 23.9 Å². The zero-order chi connectivity index (χ0) is 46.5. The number of hydrogen-bond donors (Lipinski definition) is 4. The third kappa shape index (κ3) is 9.98. The molecule has 1 saturated carbocycles.